The van der Waals surface area contributed by atoms with E-state index in [0.717, 1.165) is 42.4 Å². The molecule has 7 heteroatoms. The SMILES string of the molecule is COCCN(Cc1ccc(C2CCCCC2C(=O)NC(CO)c2ccccc2)cc1)C(=O)c1ccco1. The summed E-state index contributed by atoms with van der Waals surface area (Å²) >= 11 is 0. The summed E-state index contributed by atoms with van der Waals surface area (Å²) in [6.07, 6.45) is 5.37. The molecule has 3 aromatic rings. The van der Waals surface area contributed by atoms with Crippen molar-refractivity contribution in [3.63, 3.8) is 0 Å². The van der Waals surface area contributed by atoms with Crippen LogP contribution in [0.25, 0.3) is 0 Å². The number of benzene rings is 2. The molecule has 0 saturated heterocycles. The number of nitrogens with one attached hydrogen (secondary N) is 1. The number of nitrogens with zero attached hydrogens (tertiary/aromatic N) is 1. The second-order valence-corrected chi connectivity index (χ2v) is 9.59. The summed E-state index contributed by atoms with van der Waals surface area (Å²) in [5.41, 5.74) is 3.03. The standard InChI is InChI=1S/C30H36N2O5/c1-36-19-17-32(30(35)28-12-7-18-37-28)20-22-13-15-23(16-14-22)25-10-5-6-11-26(25)29(34)31-27(21-33)24-8-3-2-4-9-24/h2-4,7-9,12-16,18,25-27,33H,5-6,10-11,17,19-21H2,1H3,(H,31,34). The summed E-state index contributed by atoms with van der Waals surface area (Å²) in [7, 11) is 1.61. The zero-order valence-corrected chi connectivity index (χ0v) is 21.3. The molecule has 7 nitrogen and oxygen atoms in total. The molecule has 3 unspecified atom stereocenters. The molecule has 1 heterocycles. The monoisotopic (exact) mass is 504 g/mol. The average Bonchev–Trinajstić information content (AvgIpc) is 3.49. The Kier molecular flexibility index (Phi) is 9.52. The fraction of sp³-hybridized carbons (Fsp3) is 0.400. The summed E-state index contributed by atoms with van der Waals surface area (Å²) in [5.74, 6) is 0.0993. The number of carbonyl (C=O) groups excluding carboxylic acids is 2. The fourth-order valence-electron chi connectivity index (χ4n) is 5.14. The van der Waals surface area contributed by atoms with Crippen LogP contribution in [0.4, 0.5) is 0 Å². The van der Waals surface area contributed by atoms with Crippen LogP contribution in [0.5, 0.6) is 0 Å². The van der Waals surface area contributed by atoms with Crippen LogP contribution < -0.4 is 5.32 Å². The number of aliphatic hydroxyl groups excluding tert-OH is 1. The Morgan fingerprint density at radius 2 is 1.81 bits per heavy atom. The minimum atomic E-state index is -0.413. The van der Waals surface area contributed by atoms with E-state index in [1.165, 1.54) is 6.26 Å². The van der Waals surface area contributed by atoms with Crippen molar-refractivity contribution < 1.29 is 23.8 Å². The Morgan fingerprint density at radius 3 is 2.49 bits per heavy atom. The summed E-state index contributed by atoms with van der Waals surface area (Å²) in [6, 6.07) is 20.8. The van der Waals surface area contributed by atoms with Crippen molar-refractivity contribution in [3.05, 3.63) is 95.4 Å². The van der Waals surface area contributed by atoms with Gasteiger partial charge in [0.05, 0.1) is 25.5 Å². The number of aliphatic hydroxyl groups is 1. The molecule has 4 rings (SSSR count). The van der Waals surface area contributed by atoms with Gasteiger partial charge in [-0.1, -0.05) is 67.4 Å². The highest BCUT2D eigenvalue weighted by Gasteiger charge is 2.33. The maximum absolute atomic E-state index is 13.3. The van der Waals surface area contributed by atoms with Gasteiger partial charge in [0.25, 0.3) is 5.91 Å². The zero-order chi connectivity index (χ0) is 26.0. The van der Waals surface area contributed by atoms with Gasteiger partial charge < -0.3 is 24.5 Å². The molecule has 0 aliphatic heterocycles. The first-order chi connectivity index (χ1) is 18.1. The van der Waals surface area contributed by atoms with Gasteiger partial charge >= 0.3 is 0 Å². The Morgan fingerprint density at radius 1 is 1.05 bits per heavy atom. The van der Waals surface area contributed by atoms with Crippen molar-refractivity contribution in [1.82, 2.24) is 10.2 Å². The third-order valence-electron chi connectivity index (χ3n) is 7.17. The van der Waals surface area contributed by atoms with Gasteiger partial charge in [-0.25, -0.2) is 0 Å². The topological polar surface area (TPSA) is 92.0 Å². The molecule has 3 atom stereocenters. The van der Waals surface area contributed by atoms with Crippen LogP contribution in [-0.2, 0) is 16.1 Å². The first-order valence-electron chi connectivity index (χ1n) is 13.0. The Balaban J connectivity index is 1.45. The van der Waals surface area contributed by atoms with E-state index in [2.05, 4.69) is 17.4 Å². The van der Waals surface area contributed by atoms with Gasteiger partial charge in [0.1, 0.15) is 0 Å². The number of rotatable bonds is 11. The zero-order valence-electron chi connectivity index (χ0n) is 21.3. The smallest absolute Gasteiger partial charge is 0.289 e. The van der Waals surface area contributed by atoms with Crippen molar-refractivity contribution in [2.75, 3.05) is 26.9 Å². The van der Waals surface area contributed by atoms with Crippen LogP contribution >= 0.6 is 0 Å². The third kappa shape index (κ3) is 6.87. The molecular weight excluding hydrogens is 468 g/mol. The lowest BCUT2D eigenvalue weighted by Crippen LogP contribution is -2.39. The van der Waals surface area contributed by atoms with E-state index in [1.54, 1.807) is 24.1 Å². The normalized spacial score (nSPS) is 18.2. The van der Waals surface area contributed by atoms with Crippen molar-refractivity contribution in [3.8, 4) is 0 Å². The number of hydrogen-bond donors (Lipinski definition) is 2. The van der Waals surface area contributed by atoms with E-state index in [9.17, 15) is 14.7 Å². The number of amides is 2. The molecule has 2 aromatic carbocycles. The number of methoxy groups -OCH3 is 1. The van der Waals surface area contributed by atoms with Gasteiger partial charge in [0, 0.05) is 26.1 Å². The molecule has 37 heavy (non-hydrogen) atoms. The summed E-state index contributed by atoms with van der Waals surface area (Å²) < 4.78 is 10.5. The van der Waals surface area contributed by atoms with Crippen LogP contribution in [0.2, 0.25) is 0 Å². The van der Waals surface area contributed by atoms with E-state index in [0.29, 0.717) is 25.5 Å². The average molecular weight is 505 g/mol. The lowest BCUT2D eigenvalue weighted by atomic mass is 9.74. The van der Waals surface area contributed by atoms with Crippen molar-refractivity contribution in [1.29, 1.82) is 0 Å². The predicted molar refractivity (Wildman–Crippen MR) is 141 cm³/mol. The second-order valence-electron chi connectivity index (χ2n) is 9.59. The second kappa shape index (κ2) is 13.2. The maximum atomic E-state index is 13.3. The minimum absolute atomic E-state index is 0.00790. The molecule has 2 amide bonds. The predicted octanol–water partition coefficient (Wildman–Crippen LogP) is 4.69. The number of ether oxygens (including phenoxy) is 1. The molecular formula is C30H36N2O5. The summed E-state index contributed by atoms with van der Waals surface area (Å²) in [5, 5.41) is 13.0. The molecule has 0 spiro atoms. The quantitative estimate of drug-likeness (QED) is 0.395. The molecule has 2 N–H and O–H groups in total. The van der Waals surface area contributed by atoms with Crippen molar-refractivity contribution in [2.24, 2.45) is 5.92 Å². The first-order valence-corrected chi connectivity index (χ1v) is 13.0. The van der Waals surface area contributed by atoms with E-state index >= 15 is 0 Å². The molecule has 1 aliphatic carbocycles. The van der Waals surface area contributed by atoms with Crippen LogP contribution in [0, 0.1) is 5.92 Å². The van der Waals surface area contributed by atoms with E-state index in [1.807, 2.05) is 42.5 Å². The summed E-state index contributed by atoms with van der Waals surface area (Å²) in [4.78, 5) is 27.9. The van der Waals surface area contributed by atoms with Gasteiger partial charge in [-0.05, 0) is 47.6 Å². The highest BCUT2D eigenvalue weighted by atomic mass is 16.5. The Hall–Kier alpha value is -3.42. The van der Waals surface area contributed by atoms with Crippen molar-refractivity contribution >= 4 is 11.8 Å². The lowest BCUT2D eigenvalue weighted by Gasteiger charge is -2.32. The van der Waals surface area contributed by atoms with Gasteiger partial charge in [-0.15, -0.1) is 0 Å². The molecule has 0 radical (unpaired) electrons. The Bertz CT molecular complexity index is 1110. The van der Waals surface area contributed by atoms with Crippen LogP contribution in [0.15, 0.2) is 77.4 Å². The lowest BCUT2D eigenvalue weighted by molar-refractivity contribution is -0.127. The largest absolute Gasteiger partial charge is 0.459 e. The van der Waals surface area contributed by atoms with Crippen LogP contribution in [0.3, 0.4) is 0 Å². The third-order valence-corrected chi connectivity index (χ3v) is 7.17. The van der Waals surface area contributed by atoms with E-state index < -0.39 is 6.04 Å². The number of furan rings is 1. The maximum Gasteiger partial charge on any atom is 0.289 e. The van der Waals surface area contributed by atoms with Gasteiger partial charge in [0.15, 0.2) is 5.76 Å². The first kappa shape index (κ1) is 26.6. The molecule has 1 saturated carbocycles. The molecule has 0 bridgehead atoms. The van der Waals surface area contributed by atoms with Gasteiger partial charge in [-0.2, -0.15) is 0 Å². The highest BCUT2D eigenvalue weighted by molar-refractivity contribution is 5.91. The Labute approximate surface area is 218 Å². The van der Waals surface area contributed by atoms with Crippen molar-refractivity contribution in [2.45, 2.75) is 44.2 Å². The fourth-order valence-corrected chi connectivity index (χ4v) is 5.14. The van der Waals surface area contributed by atoms with Crippen LogP contribution in [-0.4, -0.2) is 48.7 Å². The summed E-state index contributed by atoms with van der Waals surface area (Å²) in [6.45, 7) is 1.18. The van der Waals surface area contributed by atoms with Crippen LogP contribution in [0.1, 0.15) is 64.9 Å². The van der Waals surface area contributed by atoms with Gasteiger partial charge in [-0.3, -0.25) is 9.59 Å². The number of carbonyl (C=O) groups is 2. The molecule has 1 aliphatic rings. The van der Waals surface area contributed by atoms with Gasteiger partial charge in [0.2, 0.25) is 5.91 Å². The molecule has 1 aromatic heterocycles. The molecule has 1 fully saturated rings. The van der Waals surface area contributed by atoms with E-state index in [4.69, 9.17) is 9.15 Å². The minimum Gasteiger partial charge on any atom is -0.459 e. The van der Waals surface area contributed by atoms with E-state index in [-0.39, 0.29) is 30.3 Å². The molecule has 196 valence electrons. The number of hydrogen-bond acceptors (Lipinski definition) is 5. The highest BCUT2D eigenvalue weighted by Crippen LogP contribution is 2.38.